The molecule has 3 heterocycles. The van der Waals surface area contributed by atoms with Crippen molar-refractivity contribution in [2.75, 3.05) is 38.5 Å². The number of furan rings is 1. The van der Waals surface area contributed by atoms with Crippen LogP contribution in [0.15, 0.2) is 28.0 Å². The van der Waals surface area contributed by atoms with E-state index in [2.05, 4.69) is 34.3 Å². The largest absolute Gasteiger partial charge is 0.461 e. The number of carbonyl (C=O) groups is 2. The van der Waals surface area contributed by atoms with Crippen molar-refractivity contribution in [3.8, 4) is 11.6 Å². The molecule has 1 N–H and O–H groups in total. The van der Waals surface area contributed by atoms with Gasteiger partial charge in [0.15, 0.2) is 16.7 Å². The number of amides is 2. The van der Waals surface area contributed by atoms with Crippen molar-refractivity contribution < 1.29 is 14.0 Å². The fraction of sp³-hybridized carbons (Fsp3) is 0.636. The predicted molar refractivity (Wildman–Crippen MR) is 124 cm³/mol. The van der Waals surface area contributed by atoms with Gasteiger partial charge in [-0.1, -0.05) is 25.6 Å². The lowest BCUT2D eigenvalue weighted by molar-refractivity contribution is -0.130. The molecule has 9 nitrogen and oxygen atoms in total. The zero-order valence-electron chi connectivity index (χ0n) is 19.6. The van der Waals surface area contributed by atoms with Crippen molar-refractivity contribution >= 4 is 23.6 Å². The smallest absolute Gasteiger partial charge is 0.234 e. The Kier molecular flexibility index (Phi) is 8.00. The zero-order valence-corrected chi connectivity index (χ0v) is 20.4. The van der Waals surface area contributed by atoms with Gasteiger partial charge >= 0.3 is 0 Å². The number of piperazine rings is 1. The van der Waals surface area contributed by atoms with Crippen LogP contribution in [0.2, 0.25) is 0 Å². The fourth-order valence-electron chi connectivity index (χ4n) is 3.55. The number of nitrogens with zero attached hydrogens (tertiary/aromatic N) is 5. The van der Waals surface area contributed by atoms with E-state index in [1.165, 1.54) is 11.8 Å². The zero-order chi connectivity index (χ0) is 23.3. The van der Waals surface area contributed by atoms with Gasteiger partial charge in [-0.25, -0.2) is 0 Å². The second-order valence-corrected chi connectivity index (χ2v) is 10.5. The Labute approximate surface area is 193 Å². The molecule has 0 bridgehead atoms. The lowest BCUT2D eigenvalue weighted by Crippen LogP contribution is -2.53. The van der Waals surface area contributed by atoms with Crippen LogP contribution in [0.5, 0.6) is 0 Å². The molecule has 1 aliphatic heterocycles. The highest BCUT2D eigenvalue weighted by molar-refractivity contribution is 7.99. The third kappa shape index (κ3) is 6.83. The Hall–Kier alpha value is -2.33. The van der Waals surface area contributed by atoms with Crippen LogP contribution in [0.4, 0.5) is 0 Å². The molecular weight excluding hydrogens is 428 g/mol. The van der Waals surface area contributed by atoms with E-state index in [9.17, 15) is 9.59 Å². The summed E-state index contributed by atoms with van der Waals surface area (Å²) < 4.78 is 7.52. The summed E-state index contributed by atoms with van der Waals surface area (Å²) in [5.74, 6) is 2.15. The van der Waals surface area contributed by atoms with E-state index in [-0.39, 0.29) is 17.4 Å². The van der Waals surface area contributed by atoms with E-state index >= 15 is 0 Å². The third-order valence-electron chi connectivity index (χ3n) is 4.94. The minimum Gasteiger partial charge on any atom is -0.461 e. The molecule has 0 saturated carbocycles. The normalized spacial score (nSPS) is 15.4. The van der Waals surface area contributed by atoms with Gasteiger partial charge in [0.2, 0.25) is 11.8 Å². The van der Waals surface area contributed by atoms with E-state index in [1.54, 1.807) is 6.26 Å². The number of thioether (sulfide) groups is 1. The van der Waals surface area contributed by atoms with Crippen molar-refractivity contribution in [3.05, 3.63) is 18.4 Å². The first-order valence-corrected chi connectivity index (χ1v) is 12.0. The first-order chi connectivity index (χ1) is 15.1. The summed E-state index contributed by atoms with van der Waals surface area (Å²) in [6, 6.07) is 3.69. The molecular formula is C22H34N6O3S. The molecule has 1 saturated heterocycles. The summed E-state index contributed by atoms with van der Waals surface area (Å²) in [6.45, 7) is 13.9. The minimum atomic E-state index is -0.237. The third-order valence-corrected chi connectivity index (χ3v) is 5.89. The Morgan fingerprint density at radius 1 is 1.19 bits per heavy atom. The van der Waals surface area contributed by atoms with Gasteiger partial charge in [-0.05, 0) is 38.8 Å². The summed E-state index contributed by atoms with van der Waals surface area (Å²) in [5.41, 5.74) is -0.237. The molecule has 0 radical (unpaired) electrons. The maximum absolute atomic E-state index is 12.8. The van der Waals surface area contributed by atoms with Gasteiger partial charge < -0.3 is 14.6 Å². The molecule has 0 unspecified atom stereocenters. The Morgan fingerprint density at radius 2 is 1.91 bits per heavy atom. The van der Waals surface area contributed by atoms with Crippen LogP contribution in [0.3, 0.4) is 0 Å². The standard InChI is InChI=1S/C22H34N6O3S/c1-16(2)13-28-20(17-7-6-12-31-17)24-25-21(28)32-15-19(30)27-10-8-26(9-11-27)14-18(29)23-22(3,4)5/h6-7,12,16H,8-11,13-15H2,1-5H3,(H,23,29). The summed E-state index contributed by atoms with van der Waals surface area (Å²) in [4.78, 5) is 28.9. The summed E-state index contributed by atoms with van der Waals surface area (Å²) in [5, 5.41) is 12.3. The van der Waals surface area contributed by atoms with Gasteiger partial charge in [0.05, 0.1) is 18.6 Å². The van der Waals surface area contributed by atoms with E-state index < -0.39 is 0 Å². The van der Waals surface area contributed by atoms with Gasteiger partial charge in [0.1, 0.15) is 0 Å². The van der Waals surface area contributed by atoms with Crippen molar-refractivity contribution in [1.29, 1.82) is 0 Å². The number of nitrogens with one attached hydrogen (secondary N) is 1. The van der Waals surface area contributed by atoms with Gasteiger partial charge in [-0.2, -0.15) is 0 Å². The number of carbonyl (C=O) groups excluding carboxylic acids is 2. The highest BCUT2D eigenvalue weighted by Gasteiger charge is 2.25. The maximum Gasteiger partial charge on any atom is 0.234 e. The van der Waals surface area contributed by atoms with Crippen molar-refractivity contribution in [1.82, 2.24) is 29.9 Å². The first kappa shape index (κ1) is 24.3. The molecule has 0 atom stereocenters. The van der Waals surface area contributed by atoms with Gasteiger partial charge in [-0.15, -0.1) is 10.2 Å². The Morgan fingerprint density at radius 3 is 2.50 bits per heavy atom. The van der Waals surface area contributed by atoms with Crippen LogP contribution in [0.25, 0.3) is 11.6 Å². The molecule has 0 aromatic carbocycles. The van der Waals surface area contributed by atoms with E-state index in [0.717, 1.165) is 11.7 Å². The molecule has 2 aromatic rings. The summed E-state index contributed by atoms with van der Waals surface area (Å²) in [6.07, 6.45) is 1.62. The summed E-state index contributed by atoms with van der Waals surface area (Å²) >= 11 is 1.41. The van der Waals surface area contributed by atoms with Gasteiger partial charge in [0.25, 0.3) is 0 Å². The highest BCUT2D eigenvalue weighted by atomic mass is 32.2. The molecule has 1 fully saturated rings. The van der Waals surface area contributed by atoms with E-state index in [0.29, 0.717) is 56.0 Å². The average Bonchev–Trinajstić information content (AvgIpc) is 3.34. The van der Waals surface area contributed by atoms with E-state index in [1.807, 2.05) is 42.4 Å². The fourth-order valence-corrected chi connectivity index (χ4v) is 4.40. The second-order valence-electron chi connectivity index (χ2n) is 9.53. The molecule has 2 aromatic heterocycles. The van der Waals surface area contributed by atoms with Crippen LogP contribution >= 0.6 is 11.8 Å². The van der Waals surface area contributed by atoms with E-state index in [4.69, 9.17) is 4.42 Å². The lowest BCUT2D eigenvalue weighted by Gasteiger charge is -2.34. The molecule has 10 heteroatoms. The number of hydrogen-bond donors (Lipinski definition) is 1. The van der Waals surface area contributed by atoms with Crippen molar-refractivity contribution in [2.45, 2.75) is 51.9 Å². The number of aromatic nitrogens is 3. The monoisotopic (exact) mass is 462 g/mol. The minimum absolute atomic E-state index is 0.0182. The van der Waals surface area contributed by atoms with Crippen LogP contribution < -0.4 is 5.32 Å². The topological polar surface area (TPSA) is 96.5 Å². The molecule has 0 aliphatic carbocycles. The molecule has 32 heavy (non-hydrogen) atoms. The van der Waals surface area contributed by atoms with Crippen molar-refractivity contribution in [3.63, 3.8) is 0 Å². The highest BCUT2D eigenvalue weighted by Crippen LogP contribution is 2.25. The summed E-state index contributed by atoms with van der Waals surface area (Å²) in [7, 11) is 0. The maximum atomic E-state index is 12.8. The van der Waals surface area contributed by atoms with Crippen LogP contribution in [0.1, 0.15) is 34.6 Å². The quantitative estimate of drug-likeness (QED) is 0.602. The number of rotatable bonds is 8. The second kappa shape index (κ2) is 10.5. The Bertz CT molecular complexity index is 895. The van der Waals surface area contributed by atoms with Crippen LogP contribution in [0, 0.1) is 5.92 Å². The predicted octanol–water partition coefficient (Wildman–Crippen LogP) is 2.35. The van der Waals surface area contributed by atoms with Crippen LogP contribution in [-0.2, 0) is 16.1 Å². The van der Waals surface area contributed by atoms with Gasteiger partial charge in [-0.3, -0.25) is 19.1 Å². The first-order valence-electron chi connectivity index (χ1n) is 11.0. The number of hydrogen-bond acceptors (Lipinski definition) is 7. The molecule has 2 amide bonds. The molecule has 1 aliphatic rings. The lowest BCUT2D eigenvalue weighted by atomic mass is 10.1. The SMILES string of the molecule is CC(C)Cn1c(SCC(=O)N2CCN(CC(=O)NC(C)(C)C)CC2)nnc1-c1ccco1. The molecule has 0 spiro atoms. The van der Waals surface area contributed by atoms with Crippen LogP contribution in [-0.4, -0.2) is 80.4 Å². The average molecular weight is 463 g/mol. The Balaban J connectivity index is 1.52. The van der Waals surface area contributed by atoms with Crippen molar-refractivity contribution in [2.24, 2.45) is 5.92 Å². The molecule has 3 rings (SSSR count). The molecule has 176 valence electrons. The van der Waals surface area contributed by atoms with Gasteiger partial charge in [0, 0.05) is 38.3 Å².